The largest absolute Gasteiger partial charge is 1.00 e. The van der Waals surface area contributed by atoms with Crippen molar-refractivity contribution >= 4 is 22.8 Å². The van der Waals surface area contributed by atoms with Gasteiger partial charge in [0, 0.05) is 5.56 Å². The van der Waals surface area contributed by atoms with Crippen LogP contribution in [0.25, 0.3) is 11.0 Å². The number of hydrogen-bond acceptors (Lipinski definition) is 2. The van der Waals surface area contributed by atoms with E-state index in [0.717, 1.165) is 11.0 Å². The molecule has 0 saturated carbocycles. The molecule has 0 atom stereocenters. The first kappa shape index (κ1) is 15.1. The average Bonchev–Trinajstić information content (AvgIpc) is 2.74. The summed E-state index contributed by atoms with van der Waals surface area (Å²) in [6, 6.07) is 17.2. The lowest BCUT2D eigenvalue weighted by Gasteiger charge is -2.01. The van der Waals surface area contributed by atoms with Crippen LogP contribution in [0.2, 0.25) is 0 Å². The summed E-state index contributed by atoms with van der Waals surface area (Å²) in [5, 5.41) is 0. The molecule has 21 heavy (non-hydrogen) atoms. The van der Waals surface area contributed by atoms with Crippen LogP contribution < -0.4 is 22.7 Å². The molecule has 1 heterocycles. The Morgan fingerprint density at radius 3 is 2.43 bits per heavy atom. The fraction of sp³-hybridized carbons (Fsp3) is 0.125. The van der Waals surface area contributed by atoms with E-state index in [4.69, 9.17) is 5.73 Å². The van der Waals surface area contributed by atoms with Gasteiger partial charge in [0.25, 0.3) is 0 Å². The first-order valence-electron chi connectivity index (χ1n) is 6.49. The van der Waals surface area contributed by atoms with Gasteiger partial charge in [0.05, 0.1) is 7.05 Å². The summed E-state index contributed by atoms with van der Waals surface area (Å²) in [6.07, 6.45) is 0. The van der Waals surface area contributed by atoms with Crippen LogP contribution in [-0.4, -0.2) is 10.4 Å². The molecule has 2 N–H and O–H groups in total. The number of ketones is 1. The molecule has 0 saturated heterocycles. The molecule has 0 radical (unpaired) electrons. The number of anilines is 1. The Morgan fingerprint density at radius 1 is 1.10 bits per heavy atom. The second kappa shape index (κ2) is 5.97. The number of nitrogens with two attached hydrogens (primary N) is 1. The van der Waals surface area contributed by atoms with E-state index >= 15 is 0 Å². The molecular formula is C16H16ClN3O. The highest BCUT2D eigenvalue weighted by molar-refractivity contribution is 5.96. The van der Waals surface area contributed by atoms with Gasteiger partial charge >= 0.3 is 5.95 Å². The molecule has 0 spiro atoms. The van der Waals surface area contributed by atoms with Gasteiger partial charge in [-0.05, 0) is 12.1 Å². The first-order chi connectivity index (χ1) is 9.68. The minimum Gasteiger partial charge on any atom is -1.00 e. The van der Waals surface area contributed by atoms with Crippen LogP contribution in [0.15, 0.2) is 54.6 Å². The van der Waals surface area contributed by atoms with Gasteiger partial charge in [-0.2, -0.15) is 0 Å². The van der Waals surface area contributed by atoms with Crippen LogP contribution >= 0.6 is 0 Å². The number of rotatable bonds is 3. The minimum atomic E-state index is 0. The van der Waals surface area contributed by atoms with E-state index in [0.29, 0.717) is 11.5 Å². The van der Waals surface area contributed by atoms with Crippen LogP contribution in [0.3, 0.4) is 0 Å². The fourth-order valence-corrected chi connectivity index (χ4v) is 2.43. The highest BCUT2D eigenvalue weighted by Crippen LogP contribution is 2.16. The van der Waals surface area contributed by atoms with Gasteiger partial charge in [-0.25, -0.2) is 9.13 Å². The lowest BCUT2D eigenvalue weighted by Crippen LogP contribution is -3.00. The molecule has 0 amide bonds. The van der Waals surface area contributed by atoms with Crippen LogP contribution in [0.1, 0.15) is 10.4 Å². The summed E-state index contributed by atoms with van der Waals surface area (Å²) in [4.78, 5) is 12.3. The SMILES string of the molecule is C[n+]1c(N)n(CC(=O)c2ccccc2)c2ccccc21.[Cl-]. The number of carbonyl (C=O) groups excluding carboxylic acids is 1. The third-order valence-corrected chi connectivity index (χ3v) is 3.55. The minimum absolute atomic E-state index is 0. The Balaban J connectivity index is 0.00000161. The van der Waals surface area contributed by atoms with Crippen molar-refractivity contribution in [2.75, 3.05) is 5.73 Å². The Hall–Kier alpha value is -2.33. The zero-order valence-electron chi connectivity index (χ0n) is 11.7. The Kier molecular flexibility index (Phi) is 4.29. The molecule has 5 heteroatoms. The number of Topliss-reactive ketones (excluding diaryl/α,β-unsaturated/α-hetero) is 1. The third-order valence-electron chi connectivity index (χ3n) is 3.55. The molecular weight excluding hydrogens is 286 g/mol. The van der Waals surface area contributed by atoms with Crippen molar-refractivity contribution in [1.82, 2.24) is 4.57 Å². The molecule has 4 nitrogen and oxygen atoms in total. The van der Waals surface area contributed by atoms with Crippen molar-refractivity contribution in [3.05, 3.63) is 60.2 Å². The average molecular weight is 302 g/mol. The van der Waals surface area contributed by atoms with Gasteiger partial charge in [-0.3, -0.25) is 10.5 Å². The van der Waals surface area contributed by atoms with Gasteiger partial charge in [0.2, 0.25) is 0 Å². The van der Waals surface area contributed by atoms with Crippen molar-refractivity contribution in [2.45, 2.75) is 6.54 Å². The third kappa shape index (κ3) is 2.62. The topological polar surface area (TPSA) is 51.9 Å². The zero-order valence-corrected chi connectivity index (χ0v) is 12.4. The number of aryl methyl sites for hydroxylation is 1. The quantitative estimate of drug-likeness (QED) is 0.495. The van der Waals surface area contributed by atoms with E-state index < -0.39 is 0 Å². The second-order valence-electron chi connectivity index (χ2n) is 4.78. The fourth-order valence-electron chi connectivity index (χ4n) is 2.43. The van der Waals surface area contributed by atoms with E-state index in [2.05, 4.69) is 0 Å². The maximum absolute atomic E-state index is 12.3. The van der Waals surface area contributed by atoms with Gasteiger partial charge in [0.15, 0.2) is 5.78 Å². The number of hydrogen-bond donors (Lipinski definition) is 1. The summed E-state index contributed by atoms with van der Waals surface area (Å²) in [7, 11) is 1.90. The van der Waals surface area contributed by atoms with Gasteiger partial charge in [-0.1, -0.05) is 42.5 Å². The lowest BCUT2D eigenvalue weighted by atomic mass is 10.1. The maximum Gasteiger partial charge on any atom is 0.356 e. The molecule has 3 rings (SSSR count). The van der Waals surface area contributed by atoms with E-state index in [-0.39, 0.29) is 24.7 Å². The molecule has 0 fully saturated rings. The number of nitrogen functional groups attached to an aromatic ring is 1. The van der Waals surface area contributed by atoms with Crippen LogP contribution in [0, 0.1) is 0 Å². The van der Waals surface area contributed by atoms with E-state index in [1.165, 1.54) is 0 Å². The van der Waals surface area contributed by atoms with Crippen LogP contribution in [-0.2, 0) is 13.6 Å². The zero-order chi connectivity index (χ0) is 14.1. The number of aromatic nitrogens is 2. The van der Waals surface area contributed by atoms with Crippen LogP contribution in [0.4, 0.5) is 5.95 Å². The molecule has 3 aromatic rings. The van der Waals surface area contributed by atoms with Crippen molar-refractivity contribution in [2.24, 2.45) is 7.05 Å². The molecule has 0 aliphatic heterocycles. The second-order valence-corrected chi connectivity index (χ2v) is 4.78. The number of imidazole rings is 1. The van der Waals surface area contributed by atoms with Gasteiger partial charge in [-0.15, -0.1) is 0 Å². The van der Waals surface area contributed by atoms with Gasteiger partial charge < -0.3 is 12.4 Å². The monoisotopic (exact) mass is 301 g/mol. The highest BCUT2D eigenvalue weighted by Gasteiger charge is 2.20. The molecule has 0 bridgehead atoms. The number of nitrogens with zero attached hydrogens (tertiary/aromatic N) is 2. The number of carbonyl (C=O) groups is 1. The van der Waals surface area contributed by atoms with Crippen molar-refractivity contribution in [3.63, 3.8) is 0 Å². The predicted octanol–water partition coefficient (Wildman–Crippen LogP) is -1.07. The summed E-state index contributed by atoms with van der Waals surface area (Å²) in [6.45, 7) is 0.247. The summed E-state index contributed by atoms with van der Waals surface area (Å²) < 4.78 is 3.75. The van der Waals surface area contributed by atoms with E-state index in [1.54, 1.807) is 0 Å². The molecule has 1 aromatic heterocycles. The predicted molar refractivity (Wildman–Crippen MR) is 78.3 cm³/mol. The first-order valence-corrected chi connectivity index (χ1v) is 6.49. The van der Waals surface area contributed by atoms with Gasteiger partial charge in [0.1, 0.15) is 17.6 Å². The number of halogens is 1. The highest BCUT2D eigenvalue weighted by atomic mass is 35.5. The molecule has 0 unspecified atom stereocenters. The van der Waals surface area contributed by atoms with E-state index in [1.807, 2.05) is 70.8 Å². The van der Waals surface area contributed by atoms with Crippen molar-refractivity contribution in [1.29, 1.82) is 0 Å². The Bertz CT molecular complexity index is 781. The summed E-state index contributed by atoms with van der Waals surface area (Å²) >= 11 is 0. The molecule has 2 aromatic carbocycles. The number of fused-ring (bicyclic) bond motifs is 1. The molecule has 0 aliphatic carbocycles. The van der Waals surface area contributed by atoms with Crippen LogP contribution in [0.5, 0.6) is 0 Å². The summed E-state index contributed by atoms with van der Waals surface area (Å²) in [5.74, 6) is 0.633. The van der Waals surface area contributed by atoms with E-state index in [9.17, 15) is 4.79 Å². The molecule has 108 valence electrons. The Morgan fingerprint density at radius 2 is 1.71 bits per heavy atom. The lowest BCUT2D eigenvalue weighted by molar-refractivity contribution is -0.630. The number of benzene rings is 2. The normalized spacial score (nSPS) is 10.3. The number of para-hydroxylation sites is 2. The molecule has 0 aliphatic rings. The Labute approximate surface area is 129 Å². The standard InChI is InChI=1S/C16H15N3O.ClH/c1-18-13-9-5-6-10-14(13)19(16(18)17)11-15(20)12-7-3-2-4-8-12;/h2-10,17H,11H2,1H3;1H. The smallest absolute Gasteiger partial charge is 0.356 e. The van der Waals surface area contributed by atoms with Crippen molar-refractivity contribution < 1.29 is 21.8 Å². The summed E-state index contributed by atoms with van der Waals surface area (Å²) in [5.41, 5.74) is 8.81. The maximum atomic E-state index is 12.3. The van der Waals surface area contributed by atoms with Crippen molar-refractivity contribution in [3.8, 4) is 0 Å².